The molecule has 1 aromatic heterocycles. The molecule has 1 fully saturated rings. The summed E-state index contributed by atoms with van der Waals surface area (Å²) in [6.07, 6.45) is 7.86. The van der Waals surface area contributed by atoms with Gasteiger partial charge >= 0.3 is 6.01 Å². The second kappa shape index (κ2) is 9.55. The van der Waals surface area contributed by atoms with E-state index in [1.165, 1.54) is 11.1 Å². The van der Waals surface area contributed by atoms with Crippen LogP contribution in [-0.2, 0) is 4.74 Å². The Kier molecular flexibility index (Phi) is 6.87. The van der Waals surface area contributed by atoms with E-state index in [2.05, 4.69) is 27.0 Å². The molecule has 2 N–H and O–H groups in total. The maximum atomic E-state index is 9.17. The van der Waals surface area contributed by atoms with Crippen LogP contribution in [0.2, 0.25) is 0 Å². The van der Waals surface area contributed by atoms with Gasteiger partial charge in [-0.25, -0.2) is 4.98 Å². The average Bonchev–Trinajstić information content (AvgIpc) is 2.69. The molecule has 0 amide bonds. The molecular formula is C19H23N5O2S. The van der Waals surface area contributed by atoms with Crippen LogP contribution < -0.4 is 10.5 Å². The third-order valence-corrected chi connectivity index (χ3v) is 4.84. The first-order valence-electron chi connectivity index (χ1n) is 8.98. The summed E-state index contributed by atoms with van der Waals surface area (Å²) in [7, 11) is 0. The van der Waals surface area contributed by atoms with Crippen molar-refractivity contribution in [1.82, 2.24) is 14.9 Å². The highest BCUT2D eigenvalue weighted by Crippen LogP contribution is 2.21. The van der Waals surface area contributed by atoms with Gasteiger partial charge in [0.05, 0.1) is 30.0 Å². The summed E-state index contributed by atoms with van der Waals surface area (Å²) in [5, 5.41) is 9.17. The molecule has 0 spiro atoms. The molecule has 2 aliphatic rings. The Balaban J connectivity index is 1.54. The Hall–Kier alpha value is -2.34. The van der Waals surface area contributed by atoms with E-state index >= 15 is 0 Å². The molecule has 0 radical (unpaired) electrons. The molecule has 3 rings (SSSR count). The van der Waals surface area contributed by atoms with Crippen LogP contribution in [0.5, 0.6) is 6.01 Å². The van der Waals surface area contributed by atoms with Crippen LogP contribution in [0.1, 0.15) is 24.5 Å². The Labute approximate surface area is 164 Å². The summed E-state index contributed by atoms with van der Waals surface area (Å²) in [4.78, 5) is 10.9. The molecule has 2 heterocycles. The molecule has 142 valence electrons. The number of hydrogen-bond acceptors (Lipinski definition) is 7. The normalized spacial score (nSPS) is 18.8. The monoisotopic (exact) mass is 385 g/mol. The zero-order valence-corrected chi connectivity index (χ0v) is 16.0. The average molecular weight is 385 g/mol. The third-order valence-electron chi connectivity index (χ3n) is 4.60. The van der Waals surface area contributed by atoms with Gasteiger partial charge in [-0.3, -0.25) is 4.90 Å². The molecule has 1 aliphatic heterocycles. The van der Waals surface area contributed by atoms with Crippen LogP contribution in [0.3, 0.4) is 0 Å². The van der Waals surface area contributed by atoms with Gasteiger partial charge in [0.2, 0.25) is 0 Å². The first kappa shape index (κ1) is 19.4. The van der Waals surface area contributed by atoms with Gasteiger partial charge in [0.15, 0.2) is 0 Å². The number of hydrogen-bond donors (Lipinski definition) is 1. The lowest BCUT2D eigenvalue weighted by atomic mass is 9.98. The lowest BCUT2D eigenvalue weighted by molar-refractivity contribution is 0.0419. The van der Waals surface area contributed by atoms with Gasteiger partial charge in [-0.2, -0.15) is 10.2 Å². The van der Waals surface area contributed by atoms with Crippen LogP contribution in [-0.4, -0.2) is 59.3 Å². The second-order valence-corrected chi connectivity index (χ2v) is 7.03. The van der Waals surface area contributed by atoms with E-state index in [4.69, 9.17) is 27.4 Å². The Morgan fingerprint density at radius 3 is 2.74 bits per heavy atom. The van der Waals surface area contributed by atoms with Gasteiger partial charge in [-0.15, -0.1) is 0 Å². The summed E-state index contributed by atoms with van der Waals surface area (Å²) in [6, 6.07) is 3.90. The quantitative estimate of drug-likeness (QED) is 0.709. The van der Waals surface area contributed by atoms with Crippen molar-refractivity contribution >= 4 is 17.2 Å². The maximum absolute atomic E-state index is 9.17. The van der Waals surface area contributed by atoms with Crippen LogP contribution in [0, 0.1) is 11.3 Å². The number of aromatic nitrogens is 2. The summed E-state index contributed by atoms with van der Waals surface area (Å²) >= 11 is 4.91. The summed E-state index contributed by atoms with van der Waals surface area (Å²) in [5.74, 6) is -0.732. The minimum Gasteiger partial charge on any atom is -0.459 e. The second-order valence-electron chi connectivity index (χ2n) is 6.56. The van der Waals surface area contributed by atoms with E-state index in [0.29, 0.717) is 12.3 Å². The molecule has 1 atom stereocenters. The molecule has 1 unspecified atom stereocenters. The number of thiocarbonyl (C=S) groups is 1. The van der Waals surface area contributed by atoms with Crippen molar-refractivity contribution in [3.63, 3.8) is 0 Å². The van der Waals surface area contributed by atoms with Gasteiger partial charge in [-0.1, -0.05) is 29.9 Å². The minimum atomic E-state index is -0.732. The van der Waals surface area contributed by atoms with Gasteiger partial charge in [0, 0.05) is 25.8 Å². The number of nitrogens with two attached hydrogens (primary N) is 1. The number of nitriles is 1. The fourth-order valence-corrected chi connectivity index (χ4v) is 3.21. The number of allylic oxidation sites excluding steroid dienone is 2. The molecule has 1 aliphatic carbocycles. The SMILES string of the molecule is N#CC(C(N)=S)c1ccnc(OCC2=CC=C(CN3CCOCC3)CC2)n1. The Morgan fingerprint density at radius 1 is 1.33 bits per heavy atom. The first-order chi connectivity index (χ1) is 13.2. The molecular weight excluding hydrogens is 362 g/mol. The van der Waals surface area contributed by atoms with Gasteiger partial charge in [0.1, 0.15) is 12.5 Å². The number of nitrogens with zero attached hydrogens (tertiary/aromatic N) is 4. The van der Waals surface area contributed by atoms with Crippen LogP contribution >= 0.6 is 12.2 Å². The standard InChI is InChI=1S/C19H23N5O2S/c20-11-16(18(21)27)17-5-6-22-19(23-17)26-13-15-3-1-14(2-4-15)12-24-7-9-25-10-8-24/h1,3,5-6,16H,2,4,7-10,12-13H2,(H2,21,27). The smallest absolute Gasteiger partial charge is 0.316 e. The van der Waals surface area contributed by atoms with E-state index < -0.39 is 5.92 Å². The summed E-state index contributed by atoms with van der Waals surface area (Å²) in [5.41, 5.74) is 8.67. The van der Waals surface area contributed by atoms with Crippen molar-refractivity contribution in [1.29, 1.82) is 5.26 Å². The van der Waals surface area contributed by atoms with Crippen LogP contribution in [0.4, 0.5) is 0 Å². The lowest BCUT2D eigenvalue weighted by Crippen LogP contribution is -2.37. The number of morpholine rings is 1. The van der Waals surface area contributed by atoms with E-state index in [-0.39, 0.29) is 11.0 Å². The van der Waals surface area contributed by atoms with Crippen molar-refractivity contribution in [3.05, 3.63) is 41.3 Å². The van der Waals surface area contributed by atoms with Gasteiger partial charge in [0.25, 0.3) is 0 Å². The third kappa shape index (κ3) is 5.57. The fourth-order valence-electron chi connectivity index (χ4n) is 3.04. The minimum absolute atomic E-state index is 0.0927. The van der Waals surface area contributed by atoms with Gasteiger partial charge in [-0.05, 0) is 24.5 Å². The summed E-state index contributed by atoms with van der Waals surface area (Å²) in [6.45, 7) is 5.08. The maximum Gasteiger partial charge on any atom is 0.316 e. The highest BCUT2D eigenvalue weighted by atomic mass is 32.1. The number of rotatable bonds is 7. The highest BCUT2D eigenvalue weighted by Gasteiger charge is 2.17. The molecule has 1 aromatic rings. The Morgan fingerprint density at radius 2 is 2.07 bits per heavy atom. The predicted octanol–water partition coefficient (Wildman–Crippen LogP) is 1.73. The fraction of sp³-hybridized carbons (Fsp3) is 0.474. The zero-order valence-electron chi connectivity index (χ0n) is 15.1. The topological polar surface area (TPSA) is 97.3 Å². The van der Waals surface area contributed by atoms with E-state index in [1.807, 2.05) is 6.07 Å². The van der Waals surface area contributed by atoms with Crippen LogP contribution in [0.15, 0.2) is 35.6 Å². The zero-order chi connectivity index (χ0) is 19.1. The van der Waals surface area contributed by atoms with E-state index in [0.717, 1.165) is 45.7 Å². The molecule has 27 heavy (non-hydrogen) atoms. The first-order valence-corrected chi connectivity index (χ1v) is 9.39. The molecule has 0 saturated carbocycles. The van der Waals surface area contributed by atoms with Gasteiger partial charge < -0.3 is 15.2 Å². The van der Waals surface area contributed by atoms with Crippen molar-refractivity contribution in [3.8, 4) is 12.1 Å². The van der Waals surface area contributed by atoms with E-state index in [1.54, 1.807) is 12.3 Å². The van der Waals surface area contributed by atoms with Crippen molar-refractivity contribution in [2.75, 3.05) is 39.5 Å². The lowest BCUT2D eigenvalue weighted by Gasteiger charge is -2.28. The predicted molar refractivity (Wildman–Crippen MR) is 105 cm³/mol. The van der Waals surface area contributed by atoms with Crippen LogP contribution in [0.25, 0.3) is 0 Å². The molecule has 0 bridgehead atoms. The molecule has 0 aromatic carbocycles. The molecule has 8 heteroatoms. The van der Waals surface area contributed by atoms with Crippen molar-refractivity contribution in [2.24, 2.45) is 5.73 Å². The van der Waals surface area contributed by atoms with Crippen molar-refractivity contribution in [2.45, 2.75) is 18.8 Å². The van der Waals surface area contributed by atoms with E-state index in [9.17, 15) is 5.26 Å². The highest BCUT2D eigenvalue weighted by molar-refractivity contribution is 7.80. The molecule has 1 saturated heterocycles. The largest absolute Gasteiger partial charge is 0.459 e. The Bertz CT molecular complexity index is 781. The number of ether oxygens (including phenoxy) is 2. The van der Waals surface area contributed by atoms with Crippen molar-refractivity contribution < 1.29 is 9.47 Å². The summed E-state index contributed by atoms with van der Waals surface area (Å²) < 4.78 is 11.1. The molecule has 7 nitrogen and oxygen atoms in total.